The fourth-order valence-corrected chi connectivity index (χ4v) is 2.12. The lowest BCUT2D eigenvalue weighted by atomic mass is 9.98. The largest absolute Gasteiger partial charge is 0.381 e. The van der Waals surface area contributed by atoms with Crippen molar-refractivity contribution in [2.45, 2.75) is 39.7 Å². The minimum atomic E-state index is -0.142. The molecule has 106 valence electrons. The van der Waals surface area contributed by atoms with Crippen molar-refractivity contribution in [3.63, 3.8) is 0 Å². The maximum Gasteiger partial charge on any atom is 0.126 e. The summed E-state index contributed by atoms with van der Waals surface area (Å²) in [7, 11) is 0. The highest BCUT2D eigenvalue weighted by molar-refractivity contribution is 5.45. The Kier molecular flexibility index (Phi) is 4.78. The standard InChI is InChI=1S/C18H22FN/c1-4-13(2)16-7-9-17(10-8-16)20-12-15-6-5-14(3)18(19)11-15/h5-11,13,20H,4,12H2,1-3H3. The minimum absolute atomic E-state index is 0.142. The summed E-state index contributed by atoms with van der Waals surface area (Å²) < 4.78 is 13.5. The van der Waals surface area contributed by atoms with Crippen LogP contribution in [0.5, 0.6) is 0 Å². The summed E-state index contributed by atoms with van der Waals surface area (Å²) in [5, 5.41) is 3.33. The van der Waals surface area contributed by atoms with E-state index >= 15 is 0 Å². The number of aryl methyl sites for hydroxylation is 1. The van der Waals surface area contributed by atoms with E-state index in [1.807, 2.05) is 12.1 Å². The zero-order valence-electron chi connectivity index (χ0n) is 12.4. The molecule has 0 aliphatic rings. The highest BCUT2D eigenvalue weighted by Crippen LogP contribution is 2.21. The highest BCUT2D eigenvalue weighted by Gasteiger charge is 2.03. The van der Waals surface area contributed by atoms with Crippen LogP contribution in [0.2, 0.25) is 0 Å². The monoisotopic (exact) mass is 271 g/mol. The average Bonchev–Trinajstić information content (AvgIpc) is 2.48. The summed E-state index contributed by atoms with van der Waals surface area (Å²) in [5.74, 6) is 0.451. The van der Waals surface area contributed by atoms with Crippen molar-refractivity contribution in [3.05, 3.63) is 65.0 Å². The van der Waals surface area contributed by atoms with Crippen LogP contribution in [0.25, 0.3) is 0 Å². The van der Waals surface area contributed by atoms with Crippen molar-refractivity contribution in [1.82, 2.24) is 0 Å². The van der Waals surface area contributed by atoms with E-state index in [9.17, 15) is 4.39 Å². The molecule has 0 saturated carbocycles. The van der Waals surface area contributed by atoms with Gasteiger partial charge in [0.15, 0.2) is 0 Å². The second-order valence-corrected chi connectivity index (χ2v) is 5.37. The Balaban J connectivity index is 1.98. The average molecular weight is 271 g/mol. The molecule has 1 N–H and O–H groups in total. The van der Waals surface area contributed by atoms with Gasteiger partial charge in [0, 0.05) is 12.2 Å². The molecule has 0 heterocycles. The van der Waals surface area contributed by atoms with Crippen molar-refractivity contribution in [2.24, 2.45) is 0 Å². The summed E-state index contributed by atoms with van der Waals surface area (Å²) in [6.07, 6.45) is 1.15. The molecule has 0 saturated heterocycles. The molecule has 1 unspecified atom stereocenters. The predicted octanol–water partition coefficient (Wildman–Crippen LogP) is 5.26. The van der Waals surface area contributed by atoms with E-state index in [1.54, 1.807) is 13.0 Å². The first-order valence-electron chi connectivity index (χ1n) is 7.19. The third kappa shape index (κ3) is 3.60. The molecule has 2 heteroatoms. The van der Waals surface area contributed by atoms with Crippen LogP contribution in [-0.2, 0) is 6.54 Å². The molecule has 0 aliphatic heterocycles. The fourth-order valence-electron chi connectivity index (χ4n) is 2.12. The second kappa shape index (κ2) is 6.56. The third-order valence-electron chi connectivity index (χ3n) is 3.82. The number of anilines is 1. The van der Waals surface area contributed by atoms with E-state index in [4.69, 9.17) is 0 Å². The molecule has 0 fully saturated rings. The van der Waals surface area contributed by atoms with Gasteiger partial charge in [-0.3, -0.25) is 0 Å². The lowest BCUT2D eigenvalue weighted by Crippen LogP contribution is -2.00. The van der Waals surface area contributed by atoms with Crippen molar-refractivity contribution < 1.29 is 4.39 Å². The van der Waals surface area contributed by atoms with E-state index in [-0.39, 0.29) is 5.82 Å². The summed E-state index contributed by atoms with van der Waals surface area (Å²) in [5.41, 5.74) is 4.07. The SMILES string of the molecule is CCC(C)c1ccc(NCc2ccc(C)c(F)c2)cc1. The number of rotatable bonds is 5. The molecule has 1 atom stereocenters. The first-order chi connectivity index (χ1) is 9.60. The van der Waals surface area contributed by atoms with Gasteiger partial charge in [-0.05, 0) is 54.2 Å². The summed E-state index contributed by atoms with van der Waals surface area (Å²) in [6, 6.07) is 13.9. The second-order valence-electron chi connectivity index (χ2n) is 5.37. The van der Waals surface area contributed by atoms with Gasteiger partial charge >= 0.3 is 0 Å². The molecule has 0 radical (unpaired) electrons. The van der Waals surface area contributed by atoms with Gasteiger partial charge in [-0.2, -0.15) is 0 Å². The summed E-state index contributed by atoms with van der Waals surface area (Å²) in [6.45, 7) is 6.85. The Morgan fingerprint density at radius 1 is 1.10 bits per heavy atom. The molecular formula is C18H22FN. The van der Waals surface area contributed by atoms with Gasteiger partial charge in [0.1, 0.15) is 5.82 Å². The van der Waals surface area contributed by atoms with Crippen LogP contribution >= 0.6 is 0 Å². The van der Waals surface area contributed by atoms with Gasteiger partial charge < -0.3 is 5.32 Å². The predicted molar refractivity (Wildman–Crippen MR) is 83.6 cm³/mol. The zero-order valence-corrected chi connectivity index (χ0v) is 12.4. The van der Waals surface area contributed by atoms with Crippen LogP contribution in [0, 0.1) is 12.7 Å². The smallest absolute Gasteiger partial charge is 0.126 e. The molecule has 0 spiro atoms. The number of hydrogen-bond acceptors (Lipinski definition) is 1. The van der Waals surface area contributed by atoms with E-state index < -0.39 is 0 Å². The first-order valence-corrected chi connectivity index (χ1v) is 7.19. The number of nitrogens with one attached hydrogen (secondary N) is 1. The first kappa shape index (κ1) is 14.6. The topological polar surface area (TPSA) is 12.0 Å². The Bertz CT molecular complexity index is 560. The van der Waals surface area contributed by atoms with Crippen molar-refractivity contribution in [3.8, 4) is 0 Å². The van der Waals surface area contributed by atoms with Gasteiger partial charge in [-0.15, -0.1) is 0 Å². The zero-order chi connectivity index (χ0) is 14.5. The Morgan fingerprint density at radius 3 is 2.40 bits per heavy atom. The molecule has 2 aromatic rings. The van der Waals surface area contributed by atoms with E-state index in [2.05, 4.69) is 43.4 Å². The number of hydrogen-bond donors (Lipinski definition) is 1. The molecule has 0 amide bonds. The lowest BCUT2D eigenvalue weighted by Gasteiger charge is -2.11. The van der Waals surface area contributed by atoms with Crippen LogP contribution in [-0.4, -0.2) is 0 Å². The summed E-state index contributed by atoms with van der Waals surface area (Å²) >= 11 is 0. The molecular weight excluding hydrogens is 249 g/mol. The van der Waals surface area contributed by atoms with Crippen molar-refractivity contribution >= 4 is 5.69 Å². The van der Waals surface area contributed by atoms with Crippen LogP contribution in [0.15, 0.2) is 42.5 Å². The molecule has 2 aromatic carbocycles. The number of benzene rings is 2. The van der Waals surface area contributed by atoms with Gasteiger partial charge in [0.05, 0.1) is 0 Å². The van der Waals surface area contributed by atoms with Crippen LogP contribution in [0.3, 0.4) is 0 Å². The molecule has 1 nitrogen and oxygen atoms in total. The molecule has 0 bridgehead atoms. The Hall–Kier alpha value is -1.83. The fraction of sp³-hybridized carbons (Fsp3) is 0.333. The van der Waals surface area contributed by atoms with Crippen LogP contribution < -0.4 is 5.32 Å². The van der Waals surface area contributed by atoms with Gasteiger partial charge in [0.2, 0.25) is 0 Å². The maximum absolute atomic E-state index is 13.5. The Labute approximate surface area is 120 Å². The third-order valence-corrected chi connectivity index (χ3v) is 3.82. The van der Waals surface area contributed by atoms with Gasteiger partial charge in [-0.1, -0.05) is 38.1 Å². The van der Waals surface area contributed by atoms with Crippen molar-refractivity contribution in [1.29, 1.82) is 0 Å². The van der Waals surface area contributed by atoms with E-state index in [1.165, 1.54) is 5.56 Å². The normalized spacial score (nSPS) is 12.2. The molecule has 0 aromatic heterocycles. The minimum Gasteiger partial charge on any atom is -0.381 e. The molecule has 2 rings (SSSR count). The molecule has 0 aliphatic carbocycles. The highest BCUT2D eigenvalue weighted by atomic mass is 19.1. The van der Waals surface area contributed by atoms with Gasteiger partial charge in [0.25, 0.3) is 0 Å². The summed E-state index contributed by atoms with van der Waals surface area (Å²) in [4.78, 5) is 0. The van der Waals surface area contributed by atoms with E-state index in [0.29, 0.717) is 18.0 Å². The molecule has 20 heavy (non-hydrogen) atoms. The number of halogens is 1. The quantitative estimate of drug-likeness (QED) is 0.782. The van der Waals surface area contributed by atoms with E-state index in [0.717, 1.165) is 17.7 Å². The van der Waals surface area contributed by atoms with Gasteiger partial charge in [-0.25, -0.2) is 4.39 Å². The Morgan fingerprint density at radius 2 is 1.80 bits per heavy atom. The lowest BCUT2D eigenvalue weighted by molar-refractivity contribution is 0.616. The maximum atomic E-state index is 13.5. The van der Waals surface area contributed by atoms with Crippen molar-refractivity contribution in [2.75, 3.05) is 5.32 Å². The van der Waals surface area contributed by atoms with Crippen LogP contribution in [0.4, 0.5) is 10.1 Å². The van der Waals surface area contributed by atoms with Crippen LogP contribution in [0.1, 0.15) is 42.9 Å².